The van der Waals surface area contributed by atoms with Crippen LogP contribution in [0.15, 0.2) is 35.9 Å². The number of allylic oxidation sites excluding steroid dienone is 1. The molecule has 1 aliphatic rings. The van der Waals surface area contributed by atoms with Crippen LogP contribution in [0.4, 0.5) is 0 Å². The van der Waals surface area contributed by atoms with Gasteiger partial charge in [0.2, 0.25) is 11.8 Å². The van der Waals surface area contributed by atoms with Crippen LogP contribution in [0.5, 0.6) is 0 Å². The average Bonchev–Trinajstić information content (AvgIpc) is 3.23. The molecule has 1 fully saturated rings. The van der Waals surface area contributed by atoms with Gasteiger partial charge in [-0.2, -0.15) is 0 Å². The van der Waals surface area contributed by atoms with Crippen molar-refractivity contribution in [3.8, 4) is 0 Å². The zero-order valence-corrected chi connectivity index (χ0v) is 11.9. The molecule has 0 saturated heterocycles. The van der Waals surface area contributed by atoms with Gasteiger partial charge >= 0.3 is 0 Å². The van der Waals surface area contributed by atoms with Gasteiger partial charge in [-0.25, -0.2) is 0 Å². The number of nitrogens with zero attached hydrogens (tertiary/aromatic N) is 1. The summed E-state index contributed by atoms with van der Waals surface area (Å²) in [7, 11) is 1.76. The lowest BCUT2D eigenvalue weighted by Crippen LogP contribution is -2.24. The molecule has 106 valence electrons. The molecule has 0 heterocycles. The van der Waals surface area contributed by atoms with E-state index in [-0.39, 0.29) is 5.91 Å². The third-order valence-corrected chi connectivity index (χ3v) is 3.58. The van der Waals surface area contributed by atoms with Gasteiger partial charge in [-0.3, -0.25) is 9.59 Å². The smallest absolute Gasteiger partial charge is 0.248 e. The van der Waals surface area contributed by atoms with Gasteiger partial charge in [0, 0.05) is 25.2 Å². The number of nitrogens with two attached hydrogens (primary N) is 1. The molecule has 1 aromatic rings. The Hall–Kier alpha value is -2.10. The van der Waals surface area contributed by atoms with Crippen molar-refractivity contribution in [2.24, 2.45) is 11.7 Å². The van der Waals surface area contributed by atoms with Crippen molar-refractivity contribution < 1.29 is 9.59 Å². The number of hydrogen-bond acceptors (Lipinski definition) is 2. The van der Waals surface area contributed by atoms with E-state index in [1.807, 2.05) is 13.0 Å². The number of amides is 2. The molecule has 2 rings (SSSR count). The highest BCUT2D eigenvalue weighted by molar-refractivity contribution is 5.93. The maximum absolute atomic E-state index is 12.1. The summed E-state index contributed by atoms with van der Waals surface area (Å²) >= 11 is 0. The Morgan fingerprint density at radius 2 is 2.10 bits per heavy atom. The highest BCUT2D eigenvalue weighted by Crippen LogP contribution is 2.35. The van der Waals surface area contributed by atoms with E-state index in [1.54, 1.807) is 36.2 Å². The first kappa shape index (κ1) is 14.3. The van der Waals surface area contributed by atoms with Gasteiger partial charge in [0.05, 0.1) is 0 Å². The number of carbonyl (C=O) groups is 2. The molecule has 0 bridgehead atoms. The number of likely N-dealkylation sites (N-methyl/N-ethyl adjacent to an activating group) is 1. The first-order chi connectivity index (χ1) is 9.47. The summed E-state index contributed by atoms with van der Waals surface area (Å²) in [6, 6.07) is 7.06. The molecule has 0 atom stereocenters. The lowest BCUT2D eigenvalue weighted by molar-refractivity contribution is -0.125. The Labute approximate surface area is 119 Å². The van der Waals surface area contributed by atoms with Gasteiger partial charge in [-0.05, 0) is 43.4 Å². The molecule has 2 N–H and O–H groups in total. The molecule has 1 saturated carbocycles. The molecular formula is C16H20N2O2. The summed E-state index contributed by atoms with van der Waals surface area (Å²) < 4.78 is 0. The fourth-order valence-electron chi connectivity index (χ4n) is 2.14. The Morgan fingerprint density at radius 3 is 2.70 bits per heavy atom. The van der Waals surface area contributed by atoms with E-state index in [2.05, 4.69) is 0 Å². The molecule has 4 nitrogen and oxygen atoms in total. The van der Waals surface area contributed by atoms with Crippen molar-refractivity contribution in [1.82, 2.24) is 4.90 Å². The Balaban J connectivity index is 2.01. The number of hydrogen-bond donors (Lipinski definition) is 1. The van der Waals surface area contributed by atoms with Crippen molar-refractivity contribution in [1.29, 1.82) is 0 Å². The Kier molecular flexibility index (Phi) is 4.23. The second-order valence-corrected chi connectivity index (χ2v) is 5.42. The van der Waals surface area contributed by atoms with Crippen molar-refractivity contribution in [3.63, 3.8) is 0 Å². The van der Waals surface area contributed by atoms with Crippen molar-refractivity contribution >= 4 is 11.8 Å². The topological polar surface area (TPSA) is 63.4 Å². The third-order valence-electron chi connectivity index (χ3n) is 3.58. The summed E-state index contributed by atoms with van der Waals surface area (Å²) in [4.78, 5) is 24.8. The fourth-order valence-corrected chi connectivity index (χ4v) is 2.14. The van der Waals surface area contributed by atoms with Crippen LogP contribution in [-0.2, 0) is 11.3 Å². The standard InChI is InChI=1S/C16H20N2O2/c1-11(13-6-7-13)8-15(19)18(2)10-12-4-3-5-14(9-12)16(17)20/h3-5,8-9,13H,6-7,10H2,1-2H3,(H2,17,20). The molecular weight excluding hydrogens is 252 g/mol. The number of benzene rings is 1. The highest BCUT2D eigenvalue weighted by Gasteiger charge is 2.23. The van der Waals surface area contributed by atoms with E-state index in [4.69, 9.17) is 5.73 Å². The van der Waals surface area contributed by atoms with Crippen LogP contribution in [0.2, 0.25) is 0 Å². The Morgan fingerprint density at radius 1 is 1.40 bits per heavy atom. The first-order valence-corrected chi connectivity index (χ1v) is 6.79. The molecule has 20 heavy (non-hydrogen) atoms. The van der Waals surface area contributed by atoms with Gasteiger partial charge in [0.1, 0.15) is 0 Å². The number of rotatable bonds is 5. The van der Waals surface area contributed by atoms with Crippen LogP contribution in [0.25, 0.3) is 0 Å². The quantitative estimate of drug-likeness (QED) is 0.834. The highest BCUT2D eigenvalue weighted by atomic mass is 16.2. The molecule has 1 aromatic carbocycles. The second kappa shape index (κ2) is 5.90. The van der Waals surface area contributed by atoms with Crippen LogP contribution in [0, 0.1) is 5.92 Å². The van der Waals surface area contributed by atoms with Crippen molar-refractivity contribution in [2.45, 2.75) is 26.3 Å². The van der Waals surface area contributed by atoms with E-state index in [9.17, 15) is 9.59 Å². The maximum atomic E-state index is 12.1. The normalized spacial score (nSPS) is 15.0. The summed E-state index contributed by atoms with van der Waals surface area (Å²) in [5, 5.41) is 0. The van der Waals surface area contributed by atoms with Crippen molar-refractivity contribution in [3.05, 3.63) is 47.0 Å². The minimum absolute atomic E-state index is 0.00104. The van der Waals surface area contributed by atoms with Crippen LogP contribution in [-0.4, -0.2) is 23.8 Å². The van der Waals surface area contributed by atoms with Crippen LogP contribution in [0.1, 0.15) is 35.7 Å². The summed E-state index contributed by atoms with van der Waals surface area (Å²) in [5.41, 5.74) is 7.77. The maximum Gasteiger partial charge on any atom is 0.248 e. The predicted molar refractivity (Wildman–Crippen MR) is 77.9 cm³/mol. The zero-order chi connectivity index (χ0) is 14.7. The lowest BCUT2D eigenvalue weighted by Gasteiger charge is -2.16. The van der Waals surface area contributed by atoms with Gasteiger partial charge in [0.25, 0.3) is 0 Å². The molecule has 0 aromatic heterocycles. The molecule has 2 amide bonds. The fraction of sp³-hybridized carbons (Fsp3) is 0.375. The SMILES string of the molecule is CC(=CC(=O)N(C)Cc1cccc(C(N)=O)c1)C1CC1. The number of primary amides is 1. The molecule has 0 radical (unpaired) electrons. The first-order valence-electron chi connectivity index (χ1n) is 6.79. The molecule has 1 aliphatic carbocycles. The Bertz CT molecular complexity index is 559. The molecule has 0 spiro atoms. The van der Waals surface area contributed by atoms with E-state index in [1.165, 1.54) is 12.8 Å². The van der Waals surface area contributed by atoms with E-state index >= 15 is 0 Å². The molecule has 0 aliphatic heterocycles. The van der Waals surface area contributed by atoms with Gasteiger partial charge < -0.3 is 10.6 Å². The van der Waals surface area contributed by atoms with Crippen LogP contribution < -0.4 is 5.73 Å². The summed E-state index contributed by atoms with van der Waals surface area (Å²) in [5.74, 6) is 0.148. The monoisotopic (exact) mass is 272 g/mol. The zero-order valence-electron chi connectivity index (χ0n) is 11.9. The lowest BCUT2D eigenvalue weighted by atomic mass is 10.1. The largest absolute Gasteiger partial charge is 0.366 e. The number of carbonyl (C=O) groups excluding carboxylic acids is 2. The third kappa shape index (κ3) is 3.70. The van der Waals surface area contributed by atoms with Gasteiger partial charge in [-0.1, -0.05) is 17.7 Å². The minimum Gasteiger partial charge on any atom is -0.366 e. The predicted octanol–water partition coefficient (Wildman–Crippen LogP) is 2.10. The summed E-state index contributed by atoms with van der Waals surface area (Å²) in [6.07, 6.45) is 4.11. The van der Waals surface area contributed by atoms with Crippen LogP contribution in [0.3, 0.4) is 0 Å². The molecule has 0 unspecified atom stereocenters. The minimum atomic E-state index is -0.453. The molecule has 4 heteroatoms. The van der Waals surface area contributed by atoms with E-state index in [0.29, 0.717) is 18.0 Å². The van der Waals surface area contributed by atoms with Gasteiger partial charge in [0.15, 0.2) is 0 Å². The second-order valence-electron chi connectivity index (χ2n) is 5.42. The van der Waals surface area contributed by atoms with Gasteiger partial charge in [-0.15, -0.1) is 0 Å². The summed E-state index contributed by atoms with van der Waals surface area (Å²) in [6.45, 7) is 2.48. The van der Waals surface area contributed by atoms with E-state index < -0.39 is 5.91 Å². The van der Waals surface area contributed by atoms with Crippen LogP contribution >= 0.6 is 0 Å². The average molecular weight is 272 g/mol. The van der Waals surface area contributed by atoms with Crippen molar-refractivity contribution in [2.75, 3.05) is 7.05 Å². The van der Waals surface area contributed by atoms with E-state index in [0.717, 1.165) is 11.1 Å².